The highest BCUT2D eigenvalue weighted by Crippen LogP contribution is 2.37. The first kappa shape index (κ1) is 14.0. The van der Waals surface area contributed by atoms with Crippen LogP contribution in [0.1, 0.15) is 16.6 Å². The van der Waals surface area contributed by atoms with Gasteiger partial charge < -0.3 is 4.74 Å². The average Bonchev–Trinajstić information content (AvgIpc) is 3.17. The minimum absolute atomic E-state index is 0.242. The van der Waals surface area contributed by atoms with Gasteiger partial charge in [0.1, 0.15) is 4.88 Å². The van der Waals surface area contributed by atoms with E-state index in [4.69, 9.17) is 4.74 Å². The van der Waals surface area contributed by atoms with Crippen LogP contribution in [-0.2, 0) is 4.74 Å². The van der Waals surface area contributed by atoms with Crippen molar-refractivity contribution in [3.63, 3.8) is 0 Å². The molecule has 0 radical (unpaired) electrons. The van der Waals surface area contributed by atoms with Crippen LogP contribution in [0.5, 0.6) is 0 Å². The Morgan fingerprint density at radius 1 is 0.905 bits per heavy atom. The van der Waals surface area contributed by atoms with Gasteiger partial charge in [0.05, 0.1) is 6.61 Å². The van der Waals surface area contributed by atoms with E-state index in [9.17, 15) is 4.79 Å². The molecule has 0 spiro atoms. The summed E-state index contributed by atoms with van der Waals surface area (Å²) < 4.78 is 5.03. The predicted molar refractivity (Wildman–Crippen MR) is 89.0 cm³/mol. The topological polar surface area (TPSA) is 26.3 Å². The molecule has 106 valence electrons. The quantitative estimate of drug-likeness (QED) is 0.609. The van der Waals surface area contributed by atoms with Crippen molar-refractivity contribution in [1.29, 1.82) is 0 Å². The van der Waals surface area contributed by atoms with Gasteiger partial charge in [-0.3, -0.25) is 0 Å². The first-order valence-corrected chi connectivity index (χ1v) is 8.34. The minimum atomic E-state index is -0.242. The SMILES string of the molecule is CCOC(=O)c1ccc(-c2ccc(-c3ccccc3)s2)s1. The fourth-order valence-electron chi connectivity index (χ4n) is 2.01. The van der Waals surface area contributed by atoms with Crippen molar-refractivity contribution >= 4 is 28.6 Å². The van der Waals surface area contributed by atoms with Gasteiger partial charge in [0.25, 0.3) is 0 Å². The third kappa shape index (κ3) is 3.06. The monoisotopic (exact) mass is 314 g/mol. The molecular weight excluding hydrogens is 300 g/mol. The van der Waals surface area contributed by atoms with Crippen molar-refractivity contribution < 1.29 is 9.53 Å². The van der Waals surface area contributed by atoms with Crippen molar-refractivity contribution in [3.05, 3.63) is 59.5 Å². The van der Waals surface area contributed by atoms with Gasteiger partial charge in [-0.05, 0) is 36.8 Å². The van der Waals surface area contributed by atoms with Crippen molar-refractivity contribution in [1.82, 2.24) is 0 Å². The zero-order chi connectivity index (χ0) is 14.7. The molecule has 0 N–H and O–H groups in total. The van der Waals surface area contributed by atoms with E-state index in [1.807, 2.05) is 37.3 Å². The number of esters is 1. The van der Waals surface area contributed by atoms with Crippen LogP contribution in [0, 0.1) is 0 Å². The maximum atomic E-state index is 11.7. The van der Waals surface area contributed by atoms with Crippen LogP contribution in [0.4, 0.5) is 0 Å². The number of benzene rings is 1. The standard InChI is InChI=1S/C17H14O2S2/c1-2-19-17(18)16-11-10-15(21-16)14-9-8-13(20-14)12-6-4-3-5-7-12/h3-11H,2H2,1H3. The summed E-state index contributed by atoms with van der Waals surface area (Å²) >= 11 is 3.21. The summed E-state index contributed by atoms with van der Waals surface area (Å²) in [6, 6.07) is 18.4. The molecule has 0 saturated heterocycles. The predicted octanol–water partition coefficient (Wildman–Crippen LogP) is 5.32. The number of hydrogen-bond donors (Lipinski definition) is 0. The smallest absolute Gasteiger partial charge is 0.348 e. The van der Waals surface area contributed by atoms with E-state index in [0.29, 0.717) is 11.5 Å². The Bertz CT molecular complexity index is 741. The summed E-state index contributed by atoms with van der Waals surface area (Å²) in [6.45, 7) is 2.22. The van der Waals surface area contributed by atoms with Crippen molar-refractivity contribution in [2.75, 3.05) is 6.61 Å². The highest BCUT2D eigenvalue weighted by atomic mass is 32.1. The lowest BCUT2D eigenvalue weighted by molar-refractivity contribution is 0.0532. The zero-order valence-corrected chi connectivity index (χ0v) is 13.2. The molecule has 0 aliphatic heterocycles. The number of rotatable bonds is 4. The summed E-state index contributed by atoms with van der Waals surface area (Å²) in [5, 5.41) is 0. The summed E-state index contributed by atoms with van der Waals surface area (Å²) in [6.07, 6.45) is 0. The van der Waals surface area contributed by atoms with Gasteiger partial charge in [-0.15, -0.1) is 22.7 Å². The molecule has 3 aromatic rings. The number of ether oxygens (including phenoxy) is 1. The Labute approximate surface area is 131 Å². The van der Waals surface area contributed by atoms with Crippen molar-refractivity contribution in [3.8, 4) is 20.2 Å². The fourth-order valence-corrected chi connectivity index (χ4v) is 4.01. The fraction of sp³-hybridized carbons (Fsp3) is 0.118. The van der Waals surface area contributed by atoms with E-state index < -0.39 is 0 Å². The highest BCUT2D eigenvalue weighted by Gasteiger charge is 2.12. The van der Waals surface area contributed by atoms with Gasteiger partial charge in [-0.1, -0.05) is 30.3 Å². The van der Waals surface area contributed by atoms with E-state index in [1.165, 1.54) is 26.7 Å². The van der Waals surface area contributed by atoms with E-state index >= 15 is 0 Å². The highest BCUT2D eigenvalue weighted by molar-refractivity contribution is 7.24. The van der Waals surface area contributed by atoms with Gasteiger partial charge in [0.15, 0.2) is 0 Å². The average molecular weight is 314 g/mol. The maximum absolute atomic E-state index is 11.7. The van der Waals surface area contributed by atoms with E-state index in [2.05, 4.69) is 24.3 Å². The number of thiophene rings is 2. The van der Waals surface area contributed by atoms with Crippen LogP contribution < -0.4 is 0 Å². The van der Waals surface area contributed by atoms with Crippen LogP contribution in [0.25, 0.3) is 20.2 Å². The number of carbonyl (C=O) groups excluding carboxylic acids is 1. The Balaban J connectivity index is 1.85. The first-order chi connectivity index (χ1) is 10.3. The molecule has 0 unspecified atom stereocenters. The van der Waals surface area contributed by atoms with Gasteiger partial charge in [-0.25, -0.2) is 4.79 Å². The normalized spacial score (nSPS) is 10.5. The molecule has 2 heterocycles. The molecule has 3 rings (SSSR count). The molecule has 0 aliphatic rings. The Hall–Kier alpha value is -1.91. The third-order valence-corrected chi connectivity index (χ3v) is 5.39. The molecule has 1 aromatic carbocycles. The zero-order valence-electron chi connectivity index (χ0n) is 11.5. The van der Waals surface area contributed by atoms with Gasteiger partial charge in [-0.2, -0.15) is 0 Å². The molecule has 2 nitrogen and oxygen atoms in total. The molecule has 21 heavy (non-hydrogen) atoms. The van der Waals surface area contributed by atoms with E-state index in [-0.39, 0.29) is 5.97 Å². The van der Waals surface area contributed by atoms with Gasteiger partial charge in [0, 0.05) is 14.6 Å². The van der Waals surface area contributed by atoms with E-state index in [0.717, 1.165) is 4.88 Å². The Morgan fingerprint density at radius 2 is 1.57 bits per heavy atom. The molecular formula is C17H14O2S2. The Kier molecular flexibility index (Phi) is 4.18. The maximum Gasteiger partial charge on any atom is 0.348 e. The molecule has 0 bridgehead atoms. The van der Waals surface area contributed by atoms with Gasteiger partial charge in [0.2, 0.25) is 0 Å². The molecule has 0 fully saturated rings. The minimum Gasteiger partial charge on any atom is -0.462 e. The second kappa shape index (κ2) is 6.24. The summed E-state index contributed by atoms with van der Waals surface area (Å²) in [4.78, 5) is 15.9. The van der Waals surface area contributed by atoms with Gasteiger partial charge >= 0.3 is 5.97 Å². The largest absolute Gasteiger partial charge is 0.462 e. The first-order valence-electron chi connectivity index (χ1n) is 6.70. The number of carbonyl (C=O) groups is 1. The lowest BCUT2D eigenvalue weighted by Gasteiger charge is -1.97. The second-order valence-electron chi connectivity index (χ2n) is 4.41. The van der Waals surface area contributed by atoms with Crippen LogP contribution in [-0.4, -0.2) is 12.6 Å². The Morgan fingerprint density at radius 3 is 2.33 bits per heavy atom. The van der Waals surface area contributed by atoms with Crippen LogP contribution in [0.15, 0.2) is 54.6 Å². The lowest BCUT2D eigenvalue weighted by atomic mass is 10.2. The number of hydrogen-bond acceptors (Lipinski definition) is 4. The van der Waals surface area contributed by atoms with Crippen LogP contribution in [0.3, 0.4) is 0 Å². The molecule has 0 atom stereocenters. The summed E-state index contributed by atoms with van der Waals surface area (Å²) in [7, 11) is 0. The van der Waals surface area contributed by atoms with E-state index in [1.54, 1.807) is 11.3 Å². The van der Waals surface area contributed by atoms with Crippen LogP contribution in [0.2, 0.25) is 0 Å². The second-order valence-corrected chi connectivity index (χ2v) is 6.58. The summed E-state index contributed by atoms with van der Waals surface area (Å²) in [5.41, 5.74) is 1.22. The van der Waals surface area contributed by atoms with Crippen molar-refractivity contribution in [2.24, 2.45) is 0 Å². The molecule has 0 saturated carbocycles. The summed E-state index contributed by atoms with van der Waals surface area (Å²) in [5.74, 6) is -0.242. The molecule has 2 aromatic heterocycles. The van der Waals surface area contributed by atoms with Crippen LogP contribution >= 0.6 is 22.7 Å². The molecule has 4 heteroatoms. The third-order valence-electron chi connectivity index (χ3n) is 2.99. The van der Waals surface area contributed by atoms with Crippen molar-refractivity contribution in [2.45, 2.75) is 6.92 Å². The molecule has 0 amide bonds. The lowest BCUT2D eigenvalue weighted by Crippen LogP contribution is -2.01. The molecule has 0 aliphatic carbocycles.